The fraction of sp³-hybridized carbons (Fsp3) is 0.455. The van der Waals surface area contributed by atoms with Crippen molar-refractivity contribution in [3.8, 4) is 5.75 Å². The lowest BCUT2D eigenvalue weighted by atomic mass is 10.3. The summed E-state index contributed by atoms with van der Waals surface area (Å²) >= 11 is 4.30. The Balaban J connectivity index is 2.25. The van der Waals surface area contributed by atoms with Crippen molar-refractivity contribution in [1.29, 1.82) is 0 Å². The largest absolute Gasteiger partial charge is 0.497 e. The molecule has 4 nitrogen and oxygen atoms in total. The van der Waals surface area contributed by atoms with Crippen LogP contribution in [0.4, 0.5) is 0 Å². The van der Waals surface area contributed by atoms with Gasteiger partial charge in [0.1, 0.15) is 5.75 Å². The Hall–Kier alpha value is -0.720. The number of nitrogens with zero attached hydrogens (tertiary/aromatic N) is 1. The highest BCUT2D eigenvalue weighted by Crippen LogP contribution is 2.24. The molecular formula is C11H15NO3S2. The van der Waals surface area contributed by atoms with Crippen molar-refractivity contribution < 1.29 is 13.2 Å². The number of rotatable bonds is 3. The molecule has 1 aromatic rings. The molecule has 1 aliphatic rings. The summed E-state index contributed by atoms with van der Waals surface area (Å²) in [5.41, 5.74) is 0. The second-order valence-corrected chi connectivity index (χ2v) is 6.65. The van der Waals surface area contributed by atoms with Crippen molar-refractivity contribution >= 4 is 22.7 Å². The second-order valence-electron chi connectivity index (χ2n) is 3.98. The van der Waals surface area contributed by atoms with Crippen molar-refractivity contribution in [2.24, 2.45) is 0 Å². The number of ether oxygens (including phenoxy) is 1. The Morgan fingerprint density at radius 1 is 1.35 bits per heavy atom. The Bertz CT molecular complexity index is 484. The quantitative estimate of drug-likeness (QED) is 0.847. The molecule has 1 fully saturated rings. The van der Waals surface area contributed by atoms with Gasteiger partial charge in [0.05, 0.1) is 12.0 Å². The van der Waals surface area contributed by atoms with E-state index in [-0.39, 0.29) is 5.25 Å². The average Bonchev–Trinajstić information content (AvgIpc) is 2.77. The minimum absolute atomic E-state index is 0.142. The van der Waals surface area contributed by atoms with E-state index in [2.05, 4.69) is 12.6 Å². The van der Waals surface area contributed by atoms with Crippen LogP contribution in [0.3, 0.4) is 0 Å². The van der Waals surface area contributed by atoms with Crippen LogP contribution < -0.4 is 4.74 Å². The summed E-state index contributed by atoms with van der Waals surface area (Å²) in [4.78, 5) is 0.306. The van der Waals surface area contributed by atoms with E-state index < -0.39 is 10.0 Å². The molecule has 0 unspecified atom stereocenters. The van der Waals surface area contributed by atoms with Crippen LogP contribution >= 0.6 is 12.6 Å². The summed E-state index contributed by atoms with van der Waals surface area (Å²) in [6.45, 7) is 1.03. The van der Waals surface area contributed by atoms with Gasteiger partial charge in [0.25, 0.3) is 0 Å². The normalized spacial score (nSPS) is 21.6. The third-order valence-electron chi connectivity index (χ3n) is 2.82. The summed E-state index contributed by atoms with van der Waals surface area (Å²) < 4.78 is 30.9. The standard InChI is InChI=1S/C11H15NO3S2/c1-15-9-2-4-11(5-3-9)17(13,14)12-7-6-10(16)8-12/h2-5,10,16H,6-8H2,1H3/t10-/m1/s1. The van der Waals surface area contributed by atoms with Gasteiger partial charge in [0.2, 0.25) is 10.0 Å². The van der Waals surface area contributed by atoms with Crippen LogP contribution in [-0.4, -0.2) is 38.2 Å². The van der Waals surface area contributed by atoms with Gasteiger partial charge >= 0.3 is 0 Å². The maximum atomic E-state index is 12.2. The molecule has 6 heteroatoms. The zero-order valence-corrected chi connectivity index (χ0v) is 11.2. The zero-order valence-electron chi connectivity index (χ0n) is 9.54. The van der Waals surface area contributed by atoms with Crippen molar-refractivity contribution in [3.63, 3.8) is 0 Å². The molecule has 0 aromatic heterocycles. The van der Waals surface area contributed by atoms with Crippen molar-refractivity contribution in [2.75, 3.05) is 20.2 Å². The lowest BCUT2D eigenvalue weighted by Crippen LogP contribution is -2.28. The van der Waals surface area contributed by atoms with Crippen molar-refractivity contribution in [2.45, 2.75) is 16.6 Å². The van der Waals surface area contributed by atoms with Gasteiger partial charge < -0.3 is 4.74 Å². The molecule has 0 spiro atoms. The van der Waals surface area contributed by atoms with Gasteiger partial charge in [-0.2, -0.15) is 16.9 Å². The van der Waals surface area contributed by atoms with Crippen LogP contribution in [0.2, 0.25) is 0 Å². The number of sulfonamides is 1. The van der Waals surface area contributed by atoms with Crippen LogP contribution in [0.1, 0.15) is 6.42 Å². The van der Waals surface area contributed by atoms with Gasteiger partial charge in [-0.05, 0) is 30.7 Å². The van der Waals surface area contributed by atoms with Gasteiger partial charge in [-0.3, -0.25) is 0 Å². The fourth-order valence-corrected chi connectivity index (χ4v) is 3.75. The molecule has 0 N–H and O–H groups in total. The first-order valence-electron chi connectivity index (χ1n) is 5.36. The van der Waals surface area contributed by atoms with Gasteiger partial charge in [-0.25, -0.2) is 8.42 Å². The Kier molecular flexibility index (Phi) is 3.65. The molecule has 1 heterocycles. The number of hydrogen-bond donors (Lipinski definition) is 1. The van der Waals surface area contributed by atoms with Crippen molar-refractivity contribution in [3.05, 3.63) is 24.3 Å². The SMILES string of the molecule is COc1ccc(S(=O)(=O)N2CC[C@@H](S)C2)cc1. The topological polar surface area (TPSA) is 46.6 Å². The summed E-state index contributed by atoms with van der Waals surface area (Å²) in [5, 5.41) is 0.142. The molecule has 2 rings (SSSR count). The maximum Gasteiger partial charge on any atom is 0.243 e. The molecular weight excluding hydrogens is 258 g/mol. The molecule has 1 aliphatic heterocycles. The van der Waals surface area contributed by atoms with Gasteiger partial charge in [0, 0.05) is 18.3 Å². The van der Waals surface area contributed by atoms with E-state index in [1.54, 1.807) is 31.4 Å². The van der Waals surface area contributed by atoms with Gasteiger partial charge in [-0.1, -0.05) is 0 Å². The summed E-state index contributed by atoms with van der Waals surface area (Å²) in [6, 6.07) is 6.45. The Labute approximate surface area is 107 Å². The van der Waals surface area contributed by atoms with E-state index >= 15 is 0 Å². The first-order valence-corrected chi connectivity index (χ1v) is 7.32. The molecule has 1 saturated heterocycles. The highest BCUT2D eigenvalue weighted by atomic mass is 32.2. The average molecular weight is 273 g/mol. The summed E-state index contributed by atoms with van der Waals surface area (Å²) in [5.74, 6) is 0.650. The second kappa shape index (κ2) is 4.88. The molecule has 17 heavy (non-hydrogen) atoms. The monoisotopic (exact) mass is 273 g/mol. The molecule has 0 bridgehead atoms. The van der Waals surface area contributed by atoms with Crippen LogP contribution in [0.25, 0.3) is 0 Å². The highest BCUT2D eigenvalue weighted by Gasteiger charge is 2.30. The van der Waals surface area contributed by atoms with E-state index in [0.717, 1.165) is 6.42 Å². The molecule has 0 amide bonds. The summed E-state index contributed by atoms with van der Waals surface area (Å²) in [7, 11) is -1.82. The molecule has 94 valence electrons. The number of benzene rings is 1. The predicted octanol–water partition coefficient (Wildman–Crippen LogP) is 1.39. The van der Waals surface area contributed by atoms with E-state index in [0.29, 0.717) is 23.7 Å². The van der Waals surface area contributed by atoms with Crippen LogP contribution in [0, 0.1) is 0 Å². The first kappa shape index (κ1) is 12.7. The van der Waals surface area contributed by atoms with Gasteiger partial charge in [0.15, 0.2) is 0 Å². The summed E-state index contributed by atoms with van der Waals surface area (Å²) in [6.07, 6.45) is 0.804. The predicted molar refractivity (Wildman–Crippen MR) is 69.1 cm³/mol. The Morgan fingerprint density at radius 3 is 2.47 bits per heavy atom. The third-order valence-corrected chi connectivity index (χ3v) is 5.12. The highest BCUT2D eigenvalue weighted by molar-refractivity contribution is 7.89. The minimum Gasteiger partial charge on any atom is -0.497 e. The lowest BCUT2D eigenvalue weighted by Gasteiger charge is -2.15. The molecule has 1 aromatic carbocycles. The fourth-order valence-electron chi connectivity index (χ4n) is 1.83. The number of methoxy groups -OCH3 is 1. The maximum absolute atomic E-state index is 12.2. The lowest BCUT2D eigenvalue weighted by molar-refractivity contribution is 0.414. The van der Waals surface area contributed by atoms with E-state index in [1.165, 1.54) is 4.31 Å². The van der Waals surface area contributed by atoms with Crippen LogP contribution in [0.15, 0.2) is 29.2 Å². The zero-order chi connectivity index (χ0) is 12.5. The number of hydrogen-bond acceptors (Lipinski definition) is 4. The van der Waals surface area contributed by atoms with Crippen LogP contribution in [-0.2, 0) is 10.0 Å². The van der Waals surface area contributed by atoms with Crippen molar-refractivity contribution in [1.82, 2.24) is 4.31 Å². The van der Waals surface area contributed by atoms with E-state index in [1.807, 2.05) is 0 Å². The van der Waals surface area contributed by atoms with Gasteiger partial charge in [-0.15, -0.1) is 0 Å². The third kappa shape index (κ3) is 2.59. The number of thiol groups is 1. The first-order chi connectivity index (χ1) is 8.04. The Morgan fingerprint density at radius 2 is 2.00 bits per heavy atom. The molecule has 1 atom stereocenters. The van der Waals surface area contributed by atoms with E-state index in [9.17, 15) is 8.42 Å². The minimum atomic E-state index is -3.37. The van der Waals surface area contributed by atoms with E-state index in [4.69, 9.17) is 4.74 Å². The smallest absolute Gasteiger partial charge is 0.243 e. The van der Waals surface area contributed by atoms with Crippen LogP contribution in [0.5, 0.6) is 5.75 Å². The molecule has 0 aliphatic carbocycles. The molecule has 0 radical (unpaired) electrons. The molecule has 0 saturated carbocycles.